The molecular weight excluding hydrogens is 200 g/mol. The Morgan fingerprint density at radius 3 is 2.93 bits per heavy atom. The SMILES string of the molecule is Cc1ncc(C(=O)NOCC(C)C)s1. The summed E-state index contributed by atoms with van der Waals surface area (Å²) in [5.41, 5.74) is 2.38. The number of hydrogen-bond donors (Lipinski definition) is 1. The zero-order valence-electron chi connectivity index (χ0n) is 8.53. The van der Waals surface area contributed by atoms with E-state index in [0.717, 1.165) is 5.01 Å². The molecule has 4 nitrogen and oxygen atoms in total. The van der Waals surface area contributed by atoms with E-state index in [4.69, 9.17) is 4.84 Å². The van der Waals surface area contributed by atoms with Gasteiger partial charge in [-0.25, -0.2) is 10.5 Å². The van der Waals surface area contributed by atoms with Crippen LogP contribution in [0.5, 0.6) is 0 Å². The van der Waals surface area contributed by atoms with Gasteiger partial charge in [0.1, 0.15) is 4.88 Å². The number of aryl methyl sites for hydroxylation is 1. The topological polar surface area (TPSA) is 51.2 Å². The minimum absolute atomic E-state index is 0.226. The van der Waals surface area contributed by atoms with Crippen molar-refractivity contribution < 1.29 is 9.63 Å². The third-order valence-corrected chi connectivity index (χ3v) is 2.34. The summed E-state index contributed by atoms with van der Waals surface area (Å²) in [4.78, 5) is 20.9. The largest absolute Gasteiger partial charge is 0.286 e. The normalized spacial score (nSPS) is 10.6. The van der Waals surface area contributed by atoms with Gasteiger partial charge in [0.15, 0.2) is 0 Å². The van der Waals surface area contributed by atoms with Gasteiger partial charge in [0, 0.05) is 0 Å². The maximum Gasteiger partial charge on any atom is 0.286 e. The molecule has 0 aliphatic heterocycles. The van der Waals surface area contributed by atoms with Gasteiger partial charge in [-0.3, -0.25) is 9.63 Å². The molecule has 0 radical (unpaired) electrons. The summed E-state index contributed by atoms with van der Waals surface area (Å²) >= 11 is 1.35. The lowest BCUT2D eigenvalue weighted by Gasteiger charge is -2.05. The summed E-state index contributed by atoms with van der Waals surface area (Å²) in [7, 11) is 0. The molecule has 1 aromatic heterocycles. The van der Waals surface area contributed by atoms with Crippen LogP contribution in [0.2, 0.25) is 0 Å². The fraction of sp³-hybridized carbons (Fsp3) is 0.556. The number of hydroxylamine groups is 1. The lowest BCUT2D eigenvalue weighted by molar-refractivity contribution is 0.0212. The Hall–Kier alpha value is -0.940. The molecule has 5 heteroatoms. The molecule has 78 valence electrons. The highest BCUT2D eigenvalue weighted by atomic mass is 32.1. The molecule has 0 saturated heterocycles. The first-order valence-corrected chi connectivity index (χ1v) is 5.26. The van der Waals surface area contributed by atoms with Crippen molar-refractivity contribution in [3.63, 3.8) is 0 Å². The molecule has 0 bridgehead atoms. The van der Waals surface area contributed by atoms with E-state index in [9.17, 15) is 4.79 Å². The molecular formula is C9H14N2O2S. The minimum Gasteiger partial charge on any atom is -0.273 e. The zero-order valence-corrected chi connectivity index (χ0v) is 9.35. The van der Waals surface area contributed by atoms with Crippen molar-refractivity contribution in [3.8, 4) is 0 Å². The summed E-state index contributed by atoms with van der Waals surface area (Å²) in [5, 5.41) is 0.874. The highest BCUT2D eigenvalue weighted by Crippen LogP contribution is 2.10. The van der Waals surface area contributed by atoms with E-state index in [1.165, 1.54) is 11.3 Å². The molecule has 0 spiro atoms. The fourth-order valence-corrected chi connectivity index (χ4v) is 1.45. The minimum atomic E-state index is -0.226. The fourth-order valence-electron chi connectivity index (χ4n) is 0.791. The maximum atomic E-state index is 11.4. The summed E-state index contributed by atoms with van der Waals surface area (Å²) in [6, 6.07) is 0. The van der Waals surface area contributed by atoms with Gasteiger partial charge < -0.3 is 0 Å². The first-order chi connectivity index (χ1) is 6.59. The standard InChI is InChI=1S/C9H14N2O2S/c1-6(2)5-13-11-9(12)8-4-10-7(3)14-8/h4,6H,5H2,1-3H3,(H,11,12). The van der Waals surface area contributed by atoms with Crippen molar-refractivity contribution >= 4 is 17.2 Å². The number of hydrogen-bond acceptors (Lipinski definition) is 4. The van der Waals surface area contributed by atoms with Crippen molar-refractivity contribution in [1.82, 2.24) is 10.5 Å². The first-order valence-electron chi connectivity index (χ1n) is 4.44. The average Bonchev–Trinajstić information content (AvgIpc) is 2.51. The second-order valence-electron chi connectivity index (χ2n) is 3.38. The monoisotopic (exact) mass is 214 g/mol. The third-order valence-electron chi connectivity index (χ3n) is 1.43. The Labute approximate surface area is 87.3 Å². The molecule has 0 saturated carbocycles. The van der Waals surface area contributed by atoms with Gasteiger partial charge in [0.05, 0.1) is 17.8 Å². The van der Waals surface area contributed by atoms with Gasteiger partial charge >= 0.3 is 0 Å². The van der Waals surface area contributed by atoms with E-state index in [-0.39, 0.29) is 5.91 Å². The summed E-state index contributed by atoms with van der Waals surface area (Å²) in [5.74, 6) is 0.176. The van der Waals surface area contributed by atoms with Crippen LogP contribution in [-0.2, 0) is 4.84 Å². The summed E-state index contributed by atoms with van der Waals surface area (Å²) in [6.07, 6.45) is 1.55. The highest BCUT2D eigenvalue weighted by molar-refractivity contribution is 7.13. The van der Waals surface area contributed by atoms with Crippen LogP contribution in [0.1, 0.15) is 28.5 Å². The molecule has 0 atom stereocenters. The molecule has 0 aliphatic carbocycles. The number of rotatable bonds is 4. The Balaban J connectivity index is 2.36. The molecule has 1 aromatic rings. The number of carbonyl (C=O) groups excluding carboxylic acids is 1. The number of nitrogens with one attached hydrogen (secondary N) is 1. The van der Waals surface area contributed by atoms with Crippen LogP contribution in [0.25, 0.3) is 0 Å². The van der Waals surface area contributed by atoms with Gasteiger partial charge in [-0.15, -0.1) is 11.3 Å². The van der Waals surface area contributed by atoms with Gasteiger partial charge in [0.2, 0.25) is 0 Å². The van der Waals surface area contributed by atoms with Crippen LogP contribution in [0.3, 0.4) is 0 Å². The van der Waals surface area contributed by atoms with E-state index in [0.29, 0.717) is 17.4 Å². The van der Waals surface area contributed by atoms with E-state index in [1.807, 2.05) is 20.8 Å². The van der Waals surface area contributed by atoms with Gasteiger partial charge in [-0.1, -0.05) is 13.8 Å². The number of thiazole rings is 1. The van der Waals surface area contributed by atoms with E-state index >= 15 is 0 Å². The van der Waals surface area contributed by atoms with Crippen LogP contribution < -0.4 is 5.48 Å². The maximum absolute atomic E-state index is 11.4. The molecule has 0 aliphatic rings. The van der Waals surface area contributed by atoms with E-state index in [1.54, 1.807) is 6.20 Å². The lowest BCUT2D eigenvalue weighted by Crippen LogP contribution is -2.24. The zero-order chi connectivity index (χ0) is 10.6. The van der Waals surface area contributed by atoms with Crippen molar-refractivity contribution in [2.45, 2.75) is 20.8 Å². The molecule has 0 fully saturated rings. The lowest BCUT2D eigenvalue weighted by atomic mass is 10.2. The second kappa shape index (κ2) is 5.07. The van der Waals surface area contributed by atoms with Gasteiger partial charge in [-0.05, 0) is 12.8 Å². The molecule has 1 amide bonds. The van der Waals surface area contributed by atoms with Crippen molar-refractivity contribution in [2.75, 3.05) is 6.61 Å². The Kier molecular flexibility index (Phi) is 4.03. The number of carbonyl (C=O) groups is 1. The first kappa shape index (κ1) is 11.1. The molecule has 1 N–H and O–H groups in total. The summed E-state index contributed by atoms with van der Waals surface area (Å²) < 4.78 is 0. The molecule has 14 heavy (non-hydrogen) atoms. The Morgan fingerprint density at radius 1 is 1.71 bits per heavy atom. The average molecular weight is 214 g/mol. The Morgan fingerprint density at radius 2 is 2.43 bits per heavy atom. The number of amides is 1. The van der Waals surface area contributed by atoms with Crippen molar-refractivity contribution in [3.05, 3.63) is 16.1 Å². The van der Waals surface area contributed by atoms with Crippen LogP contribution in [0.4, 0.5) is 0 Å². The van der Waals surface area contributed by atoms with Gasteiger partial charge in [-0.2, -0.15) is 0 Å². The van der Waals surface area contributed by atoms with Crippen molar-refractivity contribution in [1.29, 1.82) is 0 Å². The van der Waals surface area contributed by atoms with Crippen LogP contribution >= 0.6 is 11.3 Å². The third kappa shape index (κ3) is 3.43. The van der Waals surface area contributed by atoms with Crippen molar-refractivity contribution in [2.24, 2.45) is 5.92 Å². The Bertz CT molecular complexity index is 310. The highest BCUT2D eigenvalue weighted by Gasteiger charge is 2.08. The smallest absolute Gasteiger partial charge is 0.273 e. The van der Waals surface area contributed by atoms with Crippen LogP contribution in [-0.4, -0.2) is 17.5 Å². The number of aromatic nitrogens is 1. The van der Waals surface area contributed by atoms with E-state index in [2.05, 4.69) is 10.5 Å². The van der Waals surface area contributed by atoms with Crippen LogP contribution in [0.15, 0.2) is 6.20 Å². The molecule has 1 heterocycles. The summed E-state index contributed by atoms with van der Waals surface area (Å²) in [6.45, 7) is 6.41. The molecule has 0 unspecified atom stereocenters. The van der Waals surface area contributed by atoms with Crippen LogP contribution in [0, 0.1) is 12.8 Å². The predicted octanol–water partition coefficient (Wildman–Crippen LogP) is 1.77. The molecule has 1 rings (SSSR count). The quantitative estimate of drug-likeness (QED) is 0.777. The predicted molar refractivity (Wildman–Crippen MR) is 55.1 cm³/mol. The molecule has 0 aromatic carbocycles. The number of nitrogens with zero attached hydrogens (tertiary/aromatic N) is 1. The van der Waals surface area contributed by atoms with Gasteiger partial charge in [0.25, 0.3) is 5.91 Å². The van der Waals surface area contributed by atoms with E-state index < -0.39 is 0 Å². The second-order valence-corrected chi connectivity index (χ2v) is 4.61.